The van der Waals surface area contributed by atoms with Crippen molar-refractivity contribution in [3.05, 3.63) is 82.9 Å². The van der Waals surface area contributed by atoms with Crippen LogP contribution in [0.4, 0.5) is 0 Å². The van der Waals surface area contributed by atoms with E-state index in [2.05, 4.69) is 22.1 Å². The molecule has 0 aliphatic carbocycles. The molecule has 248 valence electrons. The lowest BCUT2D eigenvalue weighted by molar-refractivity contribution is 0.197. The molecule has 0 saturated heterocycles. The Morgan fingerprint density at radius 1 is 0.660 bits per heavy atom. The van der Waals surface area contributed by atoms with Crippen molar-refractivity contribution in [1.82, 2.24) is 9.97 Å². The van der Waals surface area contributed by atoms with Gasteiger partial charge in [0.2, 0.25) is 0 Å². The molecule has 0 spiro atoms. The van der Waals surface area contributed by atoms with E-state index in [0.717, 1.165) is 42.6 Å². The summed E-state index contributed by atoms with van der Waals surface area (Å²) in [7, 11) is 0. The number of aromatic hydroxyl groups is 2. The molecule has 2 heterocycles. The van der Waals surface area contributed by atoms with Gasteiger partial charge in [0.1, 0.15) is 35.4 Å². The van der Waals surface area contributed by atoms with Gasteiger partial charge in [-0.05, 0) is 52.0 Å². The number of hydrogen-bond donors (Lipinski definition) is 2. The maximum Gasteiger partial charge on any atom is 0.180 e. The van der Waals surface area contributed by atoms with Crippen LogP contribution in [-0.2, 0) is 0 Å². The molecule has 0 saturated carbocycles. The van der Waals surface area contributed by atoms with E-state index < -0.39 is 11.5 Å². The maximum atomic E-state index is 9.88. The van der Waals surface area contributed by atoms with Gasteiger partial charge in [0, 0.05) is 12.1 Å². The van der Waals surface area contributed by atoms with Crippen LogP contribution in [0.2, 0.25) is 0 Å². The largest absolute Gasteiger partial charge is 0.504 e. The molecule has 2 aromatic heterocycles. The topological polar surface area (TPSA) is 180 Å². The second kappa shape index (κ2) is 15.8. The monoisotopic (exact) mass is 734 g/mol. The van der Waals surface area contributed by atoms with Crippen LogP contribution in [0.1, 0.15) is 49.9 Å². The van der Waals surface area contributed by atoms with Gasteiger partial charge in [0.05, 0.1) is 53.6 Å². The van der Waals surface area contributed by atoms with Gasteiger partial charge in [-0.1, -0.05) is 47.8 Å². The average Bonchev–Trinajstić information content (AvgIpc) is 3.70. The minimum atomic E-state index is -0.523. The predicted octanol–water partition coefficient (Wildman–Crippen LogP) is 9.37. The molecule has 0 unspecified atom stereocenters. The lowest BCUT2D eigenvalue weighted by atomic mass is 10.1. The van der Waals surface area contributed by atoms with E-state index in [0.29, 0.717) is 36.8 Å². The number of rotatable bonds is 8. The highest BCUT2D eigenvalue weighted by Crippen LogP contribution is 2.45. The molecule has 4 aromatic carbocycles. The molecule has 0 aliphatic heterocycles. The normalized spacial score (nSPS) is 10.6. The van der Waals surface area contributed by atoms with Crippen molar-refractivity contribution in [2.45, 2.75) is 58.4 Å². The summed E-state index contributed by atoms with van der Waals surface area (Å²) in [5.74, 6) is -0.230. The Balaban J connectivity index is 0.000000200. The minimum Gasteiger partial charge on any atom is -0.504 e. The number of para-hydroxylation sites is 2. The number of fused-ring (bicyclic) bond motifs is 2. The summed E-state index contributed by atoms with van der Waals surface area (Å²) in [6.45, 7) is 7.56. The fourth-order valence-corrected chi connectivity index (χ4v) is 8.82. The summed E-state index contributed by atoms with van der Waals surface area (Å²) in [5.41, 5.74) is 2.39. The van der Waals surface area contributed by atoms with Gasteiger partial charge in [-0.2, -0.15) is 21.0 Å². The Morgan fingerprint density at radius 3 is 1.60 bits per heavy atom. The molecule has 0 fully saturated rings. The lowest BCUT2D eigenvalue weighted by Gasteiger charge is -2.20. The summed E-state index contributed by atoms with van der Waals surface area (Å²) < 4.78 is 15.2. The van der Waals surface area contributed by atoms with Crippen LogP contribution in [0.25, 0.3) is 20.4 Å². The zero-order valence-corrected chi connectivity index (χ0v) is 30.2. The van der Waals surface area contributed by atoms with Crippen molar-refractivity contribution < 1.29 is 19.7 Å². The van der Waals surface area contributed by atoms with Crippen molar-refractivity contribution in [2.24, 2.45) is 0 Å². The second-order valence-corrected chi connectivity index (χ2v) is 15.4. The van der Waals surface area contributed by atoms with Crippen LogP contribution < -0.4 is 9.47 Å². The number of hydrogen-bond acceptors (Lipinski definition) is 14. The van der Waals surface area contributed by atoms with Gasteiger partial charge >= 0.3 is 0 Å². The number of phenolic OH excluding ortho intramolecular Hbond substituents is 2. The Hall–Kier alpha value is -5.48. The van der Waals surface area contributed by atoms with Crippen LogP contribution in [-0.4, -0.2) is 32.4 Å². The highest BCUT2D eigenvalue weighted by atomic mass is 32.2. The third-order valence-electron chi connectivity index (χ3n) is 6.54. The first-order chi connectivity index (χ1) is 24.1. The van der Waals surface area contributed by atoms with E-state index in [9.17, 15) is 31.3 Å². The summed E-state index contributed by atoms with van der Waals surface area (Å²) in [6, 6.07) is 26.4. The standard InChI is InChI=1S/C21H19N3O2S2.C15H7N3O2S2/c1-12(2)25-17-9-14(10-22)20(15(11-23)19(17)26-13(3)4)28-21-24-16-7-5-6-8-18(16)27-21;16-6-8-5-11(19)13(20)9(7-17)14(8)22-15-18-10-3-1-2-4-12(10)21-15/h5-9,12-13H,1-4H3;1-5,19-20H. The van der Waals surface area contributed by atoms with Crippen molar-refractivity contribution in [1.29, 1.82) is 21.0 Å². The molecular formula is C36H26N6O4S4. The molecule has 14 heteroatoms. The Morgan fingerprint density at radius 2 is 1.14 bits per heavy atom. The van der Waals surface area contributed by atoms with Gasteiger partial charge in [0.25, 0.3) is 0 Å². The number of ether oxygens (including phenoxy) is 2. The summed E-state index contributed by atoms with van der Waals surface area (Å²) in [5, 5.41) is 57.4. The molecular weight excluding hydrogens is 709 g/mol. The Labute approximate surface area is 304 Å². The molecule has 0 radical (unpaired) electrons. The van der Waals surface area contributed by atoms with E-state index >= 15 is 0 Å². The van der Waals surface area contributed by atoms with Crippen molar-refractivity contribution in [2.75, 3.05) is 0 Å². The SMILES string of the molecule is CC(C)Oc1cc(C#N)c(Sc2nc3ccccc3s2)c(C#N)c1OC(C)C.N#Cc1cc(O)c(O)c(C#N)c1Sc1nc2ccccc2s1. The highest BCUT2D eigenvalue weighted by molar-refractivity contribution is 8.01. The number of nitriles is 4. The molecule has 10 nitrogen and oxygen atoms in total. The fourth-order valence-electron chi connectivity index (χ4n) is 4.51. The van der Waals surface area contributed by atoms with Crippen molar-refractivity contribution in [3.63, 3.8) is 0 Å². The summed E-state index contributed by atoms with van der Waals surface area (Å²) >= 11 is 5.40. The molecule has 50 heavy (non-hydrogen) atoms. The molecule has 0 atom stereocenters. The van der Waals surface area contributed by atoms with E-state index in [4.69, 9.17) is 9.47 Å². The number of aromatic nitrogens is 2. The lowest BCUT2D eigenvalue weighted by Crippen LogP contribution is -2.13. The average molecular weight is 735 g/mol. The van der Waals surface area contributed by atoms with E-state index in [1.165, 1.54) is 34.4 Å². The van der Waals surface area contributed by atoms with Crippen LogP contribution >= 0.6 is 46.2 Å². The predicted molar refractivity (Wildman–Crippen MR) is 194 cm³/mol. The first-order valence-corrected chi connectivity index (χ1v) is 18.1. The van der Waals surface area contributed by atoms with Gasteiger partial charge in [-0.3, -0.25) is 0 Å². The number of thiazole rings is 2. The maximum absolute atomic E-state index is 9.88. The van der Waals surface area contributed by atoms with Gasteiger partial charge in [-0.25, -0.2) is 9.97 Å². The van der Waals surface area contributed by atoms with Gasteiger partial charge in [-0.15, -0.1) is 22.7 Å². The van der Waals surface area contributed by atoms with Crippen LogP contribution in [0.3, 0.4) is 0 Å². The van der Waals surface area contributed by atoms with Crippen LogP contribution in [0.5, 0.6) is 23.0 Å². The third kappa shape index (κ3) is 7.87. The molecule has 0 aliphatic rings. The number of nitrogens with zero attached hydrogens (tertiary/aromatic N) is 6. The Kier molecular flexibility index (Phi) is 11.3. The molecule has 2 N–H and O–H groups in total. The second-order valence-electron chi connectivity index (χ2n) is 10.8. The third-order valence-corrected chi connectivity index (χ3v) is 11.0. The zero-order chi connectivity index (χ0) is 35.9. The highest BCUT2D eigenvalue weighted by Gasteiger charge is 2.24. The number of phenols is 2. The first-order valence-electron chi connectivity index (χ1n) is 14.9. The van der Waals surface area contributed by atoms with Crippen LogP contribution in [0.15, 0.2) is 79.1 Å². The van der Waals surface area contributed by atoms with Gasteiger partial charge in [0.15, 0.2) is 31.7 Å². The van der Waals surface area contributed by atoms with Crippen molar-refractivity contribution in [3.8, 4) is 47.3 Å². The minimum absolute atomic E-state index is 0.115. The Bertz CT molecular complexity index is 2330. The zero-order valence-electron chi connectivity index (χ0n) is 27.0. The quantitative estimate of drug-likeness (QED) is 0.142. The first kappa shape index (κ1) is 35.8. The van der Waals surface area contributed by atoms with Crippen molar-refractivity contribution >= 4 is 66.6 Å². The molecule has 0 bridgehead atoms. The fraction of sp³-hybridized carbons (Fsp3) is 0.167. The molecule has 0 amide bonds. The van der Waals surface area contributed by atoms with E-state index in [-0.39, 0.29) is 23.3 Å². The van der Waals surface area contributed by atoms with Gasteiger partial charge < -0.3 is 19.7 Å². The molecule has 6 aromatic rings. The van der Waals surface area contributed by atoms with E-state index in [1.54, 1.807) is 6.07 Å². The summed E-state index contributed by atoms with van der Waals surface area (Å²) in [6.07, 6.45) is -0.259. The summed E-state index contributed by atoms with van der Waals surface area (Å²) in [4.78, 5) is 9.87. The molecule has 6 rings (SSSR count). The van der Waals surface area contributed by atoms with E-state index in [1.807, 2.05) is 88.4 Å². The number of benzene rings is 4. The smallest absolute Gasteiger partial charge is 0.180 e. The van der Waals surface area contributed by atoms with Crippen LogP contribution in [0, 0.1) is 45.3 Å².